The van der Waals surface area contributed by atoms with E-state index in [0.717, 1.165) is 17.7 Å². The SMILES string of the molecule is O=C(O)COCCOCCOCCOCCOCCOCCOCCOCCOCCOCCOCCOCCCCCC(=O)Nc1cccc2c1C(=O)N(C1CCC(=O)NC1=O)C2=O. The molecule has 368 valence electrons. The van der Waals surface area contributed by atoms with Crippen molar-refractivity contribution >= 4 is 41.2 Å². The highest BCUT2D eigenvalue weighted by Crippen LogP contribution is 2.32. The summed E-state index contributed by atoms with van der Waals surface area (Å²) in [5, 5.41) is 13.3. The van der Waals surface area contributed by atoms with Gasteiger partial charge in [-0.1, -0.05) is 12.5 Å². The van der Waals surface area contributed by atoms with Crippen LogP contribution in [0.3, 0.4) is 0 Å². The number of amides is 5. The van der Waals surface area contributed by atoms with E-state index in [2.05, 4.69) is 10.6 Å². The summed E-state index contributed by atoms with van der Waals surface area (Å²) < 4.78 is 64.9. The molecule has 65 heavy (non-hydrogen) atoms. The van der Waals surface area contributed by atoms with Gasteiger partial charge < -0.3 is 67.3 Å². The van der Waals surface area contributed by atoms with Gasteiger partial charge in [0.05, 0.1) is 162 Å². The lowest BCUT2D eigenvalue weighted by atomic mass is 10.0. The molecule has 3 N–H and O–H groups in total. The third-order valence-corrected chi connectivity index (χ3v) is 9.25. The van der Waals surface area contributed by atoms with Gasteiger partial charge in [-0.3, -0.25) is 34.2 Å². The number of carboxylic acids is 1. The maximum Gasteiger partial charge on any atom is 0.329 e. The molecule has 1 unspecified atom stereocenters. The third-order valence-electron chi connectivity index (χ3n) is 9.25. The first-order valence-corrected chi connectivity index (χ1v) is 22.1. The van der Waals surface area contributed by atoms with Gasteiger partial charge in [0.2, 0.25) is 17.7 Å². The number of hydrogen-bond donors (Lipinski definition) is 3. The summed E-state index contributed by atoms with van der Waals surface area (Å²) in [6.07, 6.45) is 2.41. The summed E-state index contributed by atoms with van der Waals surface area (Å²) in [6.45, 7) is 9.65. The number of unbranched alkanes of at least 4 members (excludes halogenated alkanes) is 2. The van der Waals surface area contributed by atoms with Crippen LogP contribution in [0.1, 0.15) is 59.2 Å². The van der Waals surface area contributed by atoms with Crippen molar-refractivity contribution in [1.29, 1.82) is 0 Å². The van der Waals surface area contributed by atoms with Crippen LogP contribution in [0.25, 0.3) is 0 Å². The fourth-order valence-corrected chi connectivity index (χ4v) is 6.08. The summed E-state index contributed by atoms with van der Waals surface area (Å²) in [6, 6.07) is 3.51. The Morgan fingerprint density at radius 3 is 1.38 bits per heavy atom. The van der Waals surface area contributed by atoms with Gasteiger partial charge in [-0.2, -0.15) is 0 Å². The van der Waals surface area contributed by atoms with Crippen molar-refractivity contribution in [1.82, 2.24) is 10.2 Å². The average Bonchev–Trinajstić information content (AvgIpc) is 3.54. The van der Waals surface area contributed by atoms with Crippen molar-refractivity contribution in [3.05, 3.63) is 29.3 Å². The molecule has 1 atom stereocenters. The summed E-state index contributed by atoms with van der Waals surface area (Å²) in [5.74, 6) is -3.75. The van der Waals surface area contributed by atoms with Crippen molar-refractivity contribution in [2.75, 3.05) is 164 Å². The first-order chi connectivity index (χ1) is 31.8. The molecule has 1 saturated heterocycles. The maximum absolute atomic E-state index is 13.2. The van der Waals surface area contributed by atoms with Crippen molar-refractivity contribution < 1.29 is 90.7 Å². The van der Waals surface area contributed by atoms with Gasteiger partial charge in [-0.05, 0) is 31.4 Å². The topological polar surface area (TPSA) is 261 Å². The Labute approximate surface area is 379 Å². The molecule has 2 heterocycles. The Hall–Kier alpha value is -4.04. The van der Waals surface area contributed by atoms with Gasteiger partial charge in [0, 0.05) is 19.4 Å². The van der Waals surface area contributed by atoms with Crippen molar-refractivity contribution in [2.45, 2.75) is 44.6 Å². The lowest BCUT2D eigenvalue weighted by molar-refractivity contribution is -0.143. The fraction of sp³-hybridized carbons (Fsp3) is 0.721. The smallest absolute Gasteiger partial charge is 0.329 e. The molecule has 2 aliphatic heterocycles. The van der Waals surface area contributed by atoms with Crippen LogP contribution in [0.15, 0.2) is 18.2 Å². The molecule has 0 radical (unpaired) electrons. The number of rotatable bonds is 43. The lowest BCUT2D eigenvalue weighted by Crippen LogP contribution is -2.54. The van der Waals surface area contributed by atoms with Crippen molar-refractivity contribution in [2.24, 2.45) is 0 Å². The van der Waals surface area contributed by atoms with Gasteiger partial charge in [-0.15, -0.1) is 0 Å². The van der Waals surface area contributed by atoms with Crippen LogP contribution in [-0.4, -0.2) is 210 Å². The zero-order valence-corrected chi connectivity index (χ0v) is 37.3. The van der Waals surface area contributed by atoms with Gasteiger partial charge in [0.1, 0.15) is 12.6 Å². The van der Waals surface area contributed by atoms with Gasteiger partial charge in [-0.25, -0.2) is 4.79 Å². The highest BCUT2D eigenvalue weighted by Gasteiger charge is 2.45. The molecule has 0 aromatic heterocycles. The molecule has 22 nitrogen and oxygen atoms in total. The third kappa shape index (κ3) is 24.9. The van der Waals surface area contributed by atoms with E-state index in [-0.39, 0.29) is 55.2 Å². The van der Waals surface area contributed by atoms with Crippen molar-refractivity contribution in [3.63, 3.8) is 0 Å². The van der Waals surface area contributed by atoms with Gasteiger partial charge in [0.15, 0.2) is 0 Å². The molecule has 0 bridgehead atoms. The first-order valence-electron chi connectivity index (χ1n) is 22.1. The van der Waals surface area contributed by atoms with E-state index >= 15 is 0 Å². The van der Waals surface area contributed by atoms with Gasteiger partial charge >= 0.3 is 5.97 Å². The minimum atomic E-state index is -1.08. The predicted octanol–water partition coefficient (Wildman–Crippen LogP) is 0.871. The van der Waals surface area contributed by atoms with Crippen LogP contribution >= 0.6 is 0 Å². The van der Waals surface area contributed by atoms with E-state index in [0.29, 0.717) is 152 Å². The van der Waals surface area contributed by atoms with Crippen LogP contribution in [0.4, 0.5) is 5.69 Å². The molecule has 22 heteroatoms. The Bertz CT molecular complexity index is 1540. The van der Waals surface area contributed by atoms with E-state index in [1.54, 1.807) is 12.1 Å². The summed E-state index contributed by atoms with van der Waals surface area (Å²) in [7, 11) is 0. The highest BCUT2D eigenvalue weighted by molar-refractivity contribution is 6.26. The molecule has 1 aromatic carbocycles. The molecule has 0 aliphatic carbocycles. The van der Waals surface area contributed by atoms with Crippen LogP contribution in [0, 0.1) is 0 Å². The van der Waals surface area contributed by atoms with E-state index < -0.39 is 35.6 Å². The van der Waals surface area contributed by atoms with Gasteiger partial charge in [0.25, 0.3) is 11.8 Å². The van der Waals surface area contributed by atoms with Crippen LogP contribution < -0.4 is 10.6 Å². The quantitative estimate of drug-likeness (QED) is 0.0606. The lowest BCUT2D eigenvalue weighted by Gasteiger charge is -2.27. The van der Waals surface area contributed by atoms with E-state index in [9.17, 15) is 28.8 Å². The van der Waals surface area contributed by atoms with Crippen LogP contribution in [0.5, 0.6) is 0 Å². The number of carbonyl (C=O) groups excluding carboxylic acids is 5. The highest BCUT2D eigenvalue weighted by atomic mass is 16.6. The van der Waals surface area contributed by atoms with Crippen LogP contribution in [-0.2, 0) is 76.0 Å². The second kappa shape index (κ2) is 36.1. The van der Waals surface area contributed by atoms with Crippen LogP contribution in [0.2, 0.25) is 0 Å². The number of benzene rings is 1. The normalized spacial score (nSPS) is 14.9. The number of hydrogen-bond acceptors (Lipinski definition) is 18. The molecule has 0 saturated carbocycles. The molecule has 0 spiro atoms. The Morgan fingerprint density at radius 1 is 0.554 bits per heavy atom. The second-order valence-electron chi connectivity index (χ2n) is 14.2. The summed E-state index contributed by atoms with van der Waals surface area (Å²) >= 11 is 0. The molecule has 5 amide bonds. The first kappa shape index (κ1) is 55.3. The minimum absolute atomic E-state index is 0.0233. The number of nitrogens with zero attached hydrogens (tertiary/aromatic N) is 1. The monoisotopic (exact) mass is 929 g/mol. The predicted molar refractivity (Wildman–Crippen MR) is 228 cm³/mol. The molecule has 3 rings (SSSR count). The van der Waals surface area contributed by atoms with E-state index in [1.165, 1.54) is 6.07 Å². The number of fused-ring (bicyclic) bond motifs is 1. The molecule has 2 aliphatic rings. The number of carboxylic acid groups (broad SMARTS) is 1. The zero-order valence-electron chi connectivity index (χ0n) is 37.3. The van der Waals surface area contributed by atoms with Crippen molar-refractivity contribution in [3.8, 4) is 0 Å². The number of aliphatic carboxylic acids is 1. The molecular weight excluding hydrogens is 862 g/mol. The largest absolute Gasteiger partial charge is 0.480 e. The number of ether oxygens (including phenoxy) is 12. The number of piperidine rings is 1. The molecule has 1 fully saturated rings. The number of nitrogens with one attached hydrogen (secondary N) is 2. The van der Waals surface area contributed by atoms with E-state index in [1.807, 2.05) is 0 Å². The number of imide groups is 2. The molecule has 1 aromatic rings. The zero-order chi connectivity index (χ0) is 46.6. The van der Waals surface area contributed by atoms with E-state index in [4.69, 9.17) is 61.9 Å². The Kier molecular flexibility index (Phi) is 30.7. The minimum Gasteiger partial charge on any atom is -0.480 e. The Morgan fingerprint density at radius 2 is 0.969 bits per heavy atom. The molecular formula is C43H67N3O19. The number of anilines is 1. The maximum atomic E-state index is 13.2. The summed E-state index contributed by atoms with van der Waals surface area (Å²) in [5.41, 5.74) is 0.365. The number of carbonyl (C=O) groups is 6. The summed E-state index contributed by atoms with van der Waals surface area (Å²) in [4.78, 5) is 73.9. The Balaban J connectivity index is 0.972. The average molecular weight is 930 g/mol. The second-order valence-corrected chi connectivity index (χ2v) is 14.2. The standard InChI is InChI=1S/C43H67N3O19/c47-37(44-35-6-4-5-34-40(35)43(53)46(42(34)52)36-8-9-38(48)45-41(36)51)7-2-1-3-10-54-11-12-55-13-14-56-15-16-57-17-18-58-19-20-59-21-22-60-23-24-61-25-26-62-27-28-63-29-30-64-31-32-65-33-39(49)50/h4-6,36H,1-3,7-33H2,(H,44,47)(H,49,50)(H,45,48,51). The fourth-order valence-electron chi connectivity index (χ4n) is 6.08.